The van der Waals surface area contributed by atoms with Crippen LogP contribution in [0.4, 0.5) is 0 Å². The van der Waals surface area contributed by atoms with Crippen molar-refractivity contribution in [1.29, 1.82) is 0 Å². The van der Waals surface area contributed by atoms with E-state index >= 15 is 0 Å². The molecule has 0 amide bonds. The molecule has 1 aliphatic carbocycles. The second-order valence-corrected chi connectivity index (χ2v) is 13.2. The lowest BCUT2D eigenvalue weighted by Gasteiger charge is -2.28. The Bertz CT molecular complexity index is 1610. The van der Waals surface area contributed by atoms with Crippen LogP contribution in [0.25, 0.3) is 10.8 Å². The number of H-pyrrole nitrogens is 1. The summed E-state index contributed by atoms with van der Waals surface area (Å²) in [6, 6.07) is 12.7. The molecule has 14 heteroatoms. The van der Waals surface area contributed by atoms with Crippen molar-refractivity contribution >= 4 is 36.7 Å². The Kier molecular flexibility index (Phi) is 9.52. The lowest BCUT2D eigenvalue weighted by atomic mass is 9.96. The number of rotatable bonds is 10. The topological polar surface area (TPSA) is 161 Å². The number of carbonyl (C=O) groups excluding carboxylic acids is 1. The molecule has 2 aliphatic rings. The summed E-state index contributed by atoms with van der Waals surface area (Å²) in [5.74, 6) is -0.344. The third kappa shape index (κ3) is 7.09. The number of aliphatic hydroxyl groups is 2. The maximum atomic E-state index is 14.3. The number of aromatic nitrogens is 2. The normalized spacial score (nSPS) is 26.6. The minimum absolute atomic E-state index is 0.0246. The van der Waals surface area contributed by atoms with Gasteiger partial charge in [-0.1, -0.05) is 42.8 Å². The van der Waals surface area contributed by atoms with Crippen LogP contribution in [0.2, 0.25) is 0 Å². The highest BCUT2D eigenvalue weighted by atomic mass is 32.1. The van der Waals surface area contributed by atoms with Gasteiger partial charge in [-0.25, -0.2) is 4.57 Å². The van der Waals surface area contributed by atoms with Crippen molar-refractivity contribution in [3.05, 3.63) is 69.9 Å². The lowest BCUT2D eigenvalue weighted by molar-refractivity contribution is -0.152. The number of ether oxygens (including phenoxy) is 2. The van der Waals surface area contributed by atoms with E-state index in [4.69, 9.17) is 30.7 Å². The Balaban J connectivity index is 1.37. The molecule has 1 aliphatic heterocycles. The van der Waals surface area contributed by atoms with Crippen LogP contribution in [-0.2, 0) is 23.4 Å². The number of esters is 1. The summed E-state index contributed by atoms with van der Waals surface area (Å²) in [7, 11) is -4.34. The van der Waals surface area contributed by atoms with E-state index in [0.717, 1.165) is 37.5 Å². The first-order chi connectivity index (χ1) is 20.5. The summed E-state index contributed by atoms with van der Waals surface area (Å²) in [6.45, 7) is 2.36. The Morgan fingerprint density at radius 1 is 1.21 bits per heavy atom. The predicted molar refractivity (Wildman–Crippen MR) is 160 cm³/mol. The summed E-state index contributed by atoms with van der Waals surface area (Å²) < 4.78 is 38.9. The standard InChI is InChI=1S/C29H36N3O9PS/c1-18(26(35)39-20-11-4-3-5-12-20)31-42(37,41-22-14-8-10-19-9-6-7-13-21(19)22)38-17-23-25(34)29(2,36)27(40-23)32-16-15-24(33)30-28(32)43/h6-10,13-16,18,20,23,25,27,34,36H,3-5,11-12,17H2,1-2H3,(H,31,37)(H,30,33,43)/t18-,23+,25-,27+,29?,42-/m0/s1. The molecule has 0 radical (unpaired) electrons. The molecule has 4 N–H and O–H groups in total. The number of nitrogens with one attached hydrogen (secondary N) is 2. The average Bonchev–Trinajstić information content (AvgIpc) is 3.20. The number of fused-ring (bicyclic) bond motifs is 1. The highest BCUT2D eigenvalue weighted by Gasteiger charge is 2.54. The van der Waals surface area contributed by atoms with Gasteiger partial charge >= 0.3 is 13.7 Å². The second kappa shape index (κ2) is 13.0. The van der Waals surface area contributed by atoms with E-state index in [9.17, 15) is 24.4 Å². The van der Waals surface area contributed by atoms with E-state index < -0.39 is 56.0 Å². The first kappa shape index (κ1) is 31.5. The third-order valence-electron chi connectivity index (χ3n) is 7.78. The molecule has 0 spiro atoms. The number of nitrogens with zero attached hydrogens (tertiary/aromatic N) is 1. The Hall–Kier alpha value is -2.90. The predicted octanol–water partition coefficient (Wildman–Crippen LogP) is 4.13. The fraction of sp³-hybridized carbons (Fsp3) is 0.483. The molecule has 232 valence electrons. The minimum Gasteiger partial charge on any atom is -0.461 e. The van der Waals surface area contributed by atoms with E-state index in [1.165, 1.54) is 30.7 Å². The van der Waals surface area contributed by atoms with Gasteiger partial charge in [0.15, 0.2) is 11.0 Å². The van der Waals surface area contributed by atoms with Crippen molar-refractivity contribution in [1.82, 2.24) is 14.6 Å². The van der Waals surface area contributed by atoms with Gasteiger partial charge in [0, 0.05) is 17.6 Å². The zero-order valence-electron chi connectivity index (χ0n) is 23.9. The number of hydrogen-bond acceptors (Lipinski definition) is 10. The van der Waals surface area contributed by atoms with E-state index in [1.807, 2.05) is 24.3 Å². The summed E-state index contributed by atoms with van der Waals surface area (Å²) in [6.07, 6.45) is 1.84. The summed E-state index contributed by atoms with van der Waals surface area (Å²) >= 11 is 5.21. The Morgan fingerprint density at radius 2 is 1.93 bits per heavy atom. The van der Waals surface area contributed by atoms with Gasteiger partial charge < -0.3 is 24.2 Å². The SMILES string of the molecule is C[C@H](N[P@](=O)(OC[C@H]1O[C@@H](n2ccc(=O)[nH]c2=S)C(C)(O)[C@H]1O)Oc1cccc2ccccc12)C(=O)OC1CCCCC1. The minimum atomic E-state index is -4.34. The van der Waals surface area contributed by atoms with Gasteiger partial charge in [-0.3, -0.25) is 23.7 Å². The van der Waals surface area contributed by atoms with Gasteiger partial charge in [-0.15, -0.1) is 0 Å². The third-order valence-corrected chi connectivity index (χ3v) is 9.72. The van der Waals surface area contributed by atoms with Crippen molar-refractivity contribution in [2.75, 3.05) is 6.61 Å². The second-order valence-electron chi connectivity index (χ2n) is 11.1. The molecule has 2 aromatic carbocycles. The van der Waals surface area contributed by atoms with Crippen LogP contribution < -0.4 is 15.2 Å². The smallest absolute Gasteiger partial charge is 0.459 e. The molecule has 1 unspecified atom stereocenters. The highest BCUT2D eigenvalue weighted by Crippen LogP contribution is 2.48. The molecule has 2 fully saturated rings. The number of aliphatic hydroxyl groups excluding tert-OH is 1. The Labute approximate surface area is 253 Å². The van der Waals surface area contributed by atoms with Gasteiger partial charge in [0.2, 0.25) is 0 Å². The summed E-state index contributed by atoms with van der Waals surface area (Å²) in [5, 5.41) is 26.3. The number of carbonyl (C=O) groups is 1. The van der Waals surface area contributed by atoms with Crippen LogP contribution in [0.3, 0.4) is 0 Å². The van der Waals surface area contributed by atoms with Crippen LogP contribution in [0.1, 0.15) is 52.2 Å². The van der Waals surface area contributed by atoms with E-state index in [2.05, 4.69) is 10.1 Å². The average molecular weight is 634 g/mol. The van der Waals surface area contributed by atoms with E-state index in [0.29, 0.717) is 5.39 Å². The maximum absolute atomic E-state index is 14.3. The number of aromatic amines is 1. The van der Waals surface area contributed by atoms with Crippen molar-refractivity contribution in [3.8, 4) is 5.75 Å². The quantitative estimate of drug-likeness (QED) is 0.144. The van der Waals surface area contributed by atoms with Crippen molar-refractivity contribution < 1.29 is 38.1 Å². The van der Waals surface area contributed by atoms with Gasteiger partial charge in [0.25, 0.3) is 5.56 Å². The van der Waals surface area contributed by atoms with Crippen molar-refractivity contribution in [2.45, 2.75) is 82.1 Å². The van der Waals surface area contributed by atoms with Crippen LogP contribution in [0.5, 0.6) is 5.75 Å². The number of hydrogen-bond donors (Lipinski definition) is 4. The fourth-order valence-corrected chi connectivity index (χ4v) is 7.17. The summed E-state index contributed by atoms with van der Waals surface area (Å²) in [5.41, 5.74) is -2.30. The molecule has 5 rings (SSSR count). The lowest BCUT2D eigenvalue weighted by Crippen LogP contribution is -2.45. The largest absolute Gasteiger partial charge is 0.461 e. The van der Waals surface area contributed by atoms with Crippen LogP contribution in [0, 0.1) is 4.77 Å². The molecule has 12 nitrogen and oxygen atoms in total. The first-order valence-corrected chi connectivity index (χ1v) is 16.2. The van der Waals surface area contributed by atoms with E-state index in [-0.39, 0.29) is 16.6 Å². The van der Waals surface area contributed by atoms with Gasteiger partial charge in [0.1, 0.15) is 35.7 Å². The zero-order chi connectivity index (χ0) is 30.8. The molecular weight excluding hydrogens is 597 g/mol. The molecule has 0 bridgehead atoms. The molecule has 1 saturated carbocycles. The van der Waals surface area contributed by atoms with Crippen molar-refractivity contribution in [2.24, 2.45) is 0 Å². The van der Waals surface area contributed by atoms with E-state index in [1.54, 1.807) is 18.2 Å². The molecule has 6 atom stereocenters. The van der Waals surface area contributed by atoms with Crippen LogP contribution in [0.15, 0.2) is 59.5 Å². The molecule has 3 aromatic rings. The van der Waals surface area contributed by atoms with Gasteiger partial charge in [-0.2, -0.15) is 5.09 Å². The van der Waals surface area contributed by atoms with Crippen LogP contribution in [-0.4, -0.2) is 62.3 Å². The Morgan fingerprint density at radius 3 is 2.67 bits per heavy atom. The van der Waals surface area contributed by atoms with Crippen LogP contribution >= 0.6 is 20.0 Å². The first-order valence-electron chi connectivity index (χ1n) is 14.2. The molecule has 1 aromatic heterocycles. The zero-order valence-corrected chi connectivity index (χ0v) is 25.6. The molecular formula is C29H36N3O9PS. The van der Waals surface area contributed by atoms with Gasteiger partial charge in [0.05, 0.1) is 6.61 Å². The highest BCUT2D eigenvalue weighted by molar-refractivity contribution is 7.71. The number of benzene rings is 2. The summed E-state index contributed by atoms with van der Waals surface area (Å²) in [4.78, 5) is 27.0. The molecule has 1 saturated heterocycles. The van der Waals surface area contributed by atoms with Crippen molar-refractivity contribution in [3.63, 3.8) is 0 Å². The van der Waals surface area contributed by atoms with Gasteiger partial charge in [-0.05, 0) is 63.2 Å². The monoisotopic (exact) mass is 633 g/mol. The fourth-order valence-electron chi connectivity index (χ4n) is 5.40. The molecule has 43 heavy (non-hydrogen) atoms. The maximum Gasteiger partial charge on any atom is 0.459 e. The molecule has 2 heterocycles.